The van der Waals surface area contributed by atoms with Crippen molar-refractivity contribution in [2.75, 3.05) is 16.0 Å². The molecule has 1 N–H and O–H groups in total. The van der Waals surface area contributed by atoms with Crippen molar-refractivity contribution in [1.82, 2.24) is 9.97 Å². The fraction of sp³-hybridized carbons (Fsp3) is 0.286. The van der Waals surface area contributed by atoms with E-state index in [1.807, 2.05) is 12.1 Å². The molecule has 1 aromatic carbocycles. The summed E-state index contributed by atoms with van der Waals surface area (Å²) in [4.78, 5) is 48.1. The van der Waals surface area contributed by atoms with E-state index in [1.54, 1.807) is 17.6 Å². The number of fused-ring (bicyclic) bond motifs is 6. The molecule has 31 heavy (non-hydrogen) atoms. The second kappa shape index (κ2) is 7.25. The molecule has 6 rings (SSSR count). The zero-order chi connectivity index (χ0) is 21.1. The summed E-state index contributed by atoms with van der Waals surface area (Å²) in [6.45, 7) is 0. The minimum absolute atomic E-state index is 0.0795. The molecule has 0 spiro atoms. The van der Waals surface area contributed by atoms with E-state index in [0.29, 0.717) is 10.8 Å². The van der Waals surface area contributed by atoms with E-state index < -0.39 is 0 Å². The molecule has 0 radical (unpaired) electrons. The van der Waals surface area contributed by atoms with Crippen molar-refractivity contribution in [2.45, 2.75) is 10.8 Å². The Morgan fingerprint density at radius 2 is 1.97 bits per heavy atom. The molecule has 1 aliphatic heterocycles. The van der Waals surface area contributed by atoms with Crippen LogP contribution in [0.25, 0.3) is 10.2 Å². The predicted molar refractivity (Wildman–Crippen MR) is 121 cm³/mol. The zero-order valence-electron chi connectivity index (χ0n) is 16.1. The molecule has 3 amide bonds. The van der Waals surface area contributed by atoms with E-state index in [2.05, 4.69) is 27.4 Å². The van der Waals surface area contributed by atoms with Gasteiger partial charge in [0.05, 0.1) is 33.5 Å². The maximum atomic E-state index is 13.0. The van der Waals surface area contributed by atoms with Gasteiger partial charge in [-0.15, -0.1) is 22.7 Å². The molecule has 2 aliphatic carbocycles. The number of benzene rings is 1. The van der Waals surface area contributed by atoms with Gasteiger partial charge < -0.3 is 5.32 Å². The Labute approximate surface area is 189 Å². The maximum absolute atomic E-state index is 13.0. The number of thiazole rings is 2. The van der Waals surface area contributed by atoms with Crippen LogP contribution in [-0.4, -0.2) is 33.4 Å². The number of rotatable bonds is 5. The van der Waals surface area contributed by atoms with Gasteiger partial charge in [-0.2, -0.15) is 0 Å². The molecule has 10 heteroatoms. The van der Waals surface area contributed by atoms with Crippen LogP contribution in [0.2, 0.25) is 0 Å². The van der Waals surface area contributed by atoms with Crippen molar-refractivity contribution in [3.8, 4) is 0 Å². The Kier molecular flexibility index (Phi) is 4.48. The Hall–Kier alpha value is -2.56. The van der Waals surface area contributed by atoms with Crippen LogP contribution in [0.1, 0.15) is 6.42 Å². The van der Waals surface area contributed by atoms with Crippen LogP contribution in [0, 0.1) is 23.7 Å². The number of anilines is 2. The highest BCUT2D eigenvalue weighted by Crippen LogP contribution is 2.53. The van der Waals surface area contributed by atoms with Gasteiger partial charge in [-0.1, -0.05) is 23.9 Å². The standard InChI is InChI=1S/C21H16N4O3S3/c26-15(24-20-22-5-6-29-20)9-30-21-23-13-4-3-12(8-14(13)31-21)25-18(27)16-10-1-2-11(7-10)17(16)19(25)28/h1-6,8,10-11,16-17H,7,9H2,(H,22,24,26)/t10-,11-,16-,17-/m0/s1. The number of hydrogen-bond acceptors (Lipinski definition) is 8. The third kappa shape index (κ3) is 3.12. The number of aromatic nitrogens is 2. The summed E-state index contributed by atoms with van der Waals surface area (Å²) in [5.74, 6) is -0.0844. The lowest BCUT2D eigenvalue weighted by Crippen LogP contribution is -2.32. The fourth-order valence-electron chi connectivity index (χ4n) is 4.82. The summed E-state index contributed by atoms with van der Waals surface area (Å²) in [6, 6.07) is 5.49. The molecular formula is C21H16N4O3S3. The topological polar surface area (TPSA) is 92.3 Å². The van der Waals surface area contributed by atoms with Crippen LogP contribution in [0.5, 0.6) is 0 Å². The van der Waals surface area contributed by atoms with Gasteiger partial charge in [-0.25, -0.2) is 14.9 Å². The van der Waals surface area contributed by atoms with Crippen molar-refractivity contribution in [3.63, 3.8) is 0 Å². The van der Waals surface area contributed by atoms with Crippen molar-refractivity contribution in [3.05, 3.63) is 41.9 Å². The summed E-state index contributed by atoms with van der Waals surface area (Å²) >= 11 is 4.18. The van der Waals surface area contributed by atoms with Gasteiger partial charge in [0.2, 0.25) is 17.7 Å². The number of nitrogens with zero attached hydrogens (tertiary/aromatic N) is 3. The molecule has 2 fully saturated rings. The van der Waals surface area contributed by atoms with Gasteiger partial charge in [-0.3, -0.25) is 14.4 Å². The van der Waals surface area contributed by atoms with E-state index >= 15 is 0 Å². The summed E-state index contributed by atoms with van der Waals surface area (Å²) in [7, 11) is 0. The Balaban J connectivity index is 1.19. The smallest absolute Gasteiger partial charge is 0.238 e. The van der Waals surface area contributed by atoms with Crippen LogP contribution < -0.4 is 10.2 Å². The number of hydrogen-bond donors (Lipinski definition) is 1. The molecule has 1 saturated carbocycles. The first-order valence-corrected chi connectivity index (χ1v) is 12.6. The van der Waals surface area contributed by atoms with E-state index in [-0.39, 0.29) is 47.1 Å². The van der Waals surface area contributed by atoms with Crippen LogP contribution in [-0.2, 0) is 14.4 Å². The lowest BCUT2D eigenvalue weighted by atomic mass is 9.85. The van der Waals surface area contributed by atoms with Gasteiger partial charge in [0.15, 0.2) is 9.47 Å². The highest BCUT2D eigenvalue weighted by atomic mass is 32.2. The number of allylic oxidation sites excluding steroid dienone is 2. The highest BCUT2D eigenvalue weighted by molar-refractivity contribution is 8.01. The second-order valence-electron chi connectivity index (χ2n) is 7.82. The summed E-state index contributed by atoms with van der Waals surface area (Å²) in [5.41, 5.74) is 1.40. The predicted octanol–water partition coefficient (Wildman–Crippen LogP) is 3.80. The van der Waals surface area contributed by atoms with Crippen LogP contribution in [0.4, 0.5) is 10.8 Å². The third-order valence-electron chi connectivity index (χ3n) is 6.09. The zero-order valence-corrected chi connectivity index (χ0v) is 18.5. The lowest BCUT2D eigenvalue weighted by molar-refractivity contribution is -0.123. The summed E-state index contributed by atoms with van der Waals surface area (Å²) < 4.78 is 1.65. The van der Waals surface area contributed by atoms with Gasteiger partial charge in [0, 0.05) is 11.6 Å². The lowest BCUT2D eigenvalue weighted by Gasteiger charge is -2.17. The van der Waals surface area contributed by atoms with Gasteiger partial charge in [0.25, 0.3) is 0 Å². The summed E-state index contributed by atoms with van der Waals surface area (Å²) in [5, 5.41) is 5.13. The quantitative estimate of drug-likeness (QED) is 0.348. The van der Waals surface area contributed by atoms with Gasteiger partial charge in [0.1, 0.15) is 0 Å². The fourth-order valence-corrected chi connectivity index (χ4v) is 7.26. The molecule has 3 aromatic rings. The van der Waals surface area contributed by atoms with Crippen molar-refractivity contribution >= 4 is 73.2 Å². The first-order valence-electron chi connectivity index (χ1n) is 9.87. The van der Waals surface area contributed by atoms with E-state index in [0.717, 1.165) is 21.0 Å². The van der Waals surface area contributed by atoms with E-state index in [4.69, 9.17) is 0 Å². The molecular weight excluding hydrogens is 452 g/mol. The molecule has 3 aliphatic rings. The number of imide groups is 1. The van der Waals surface area contributed by atoms with Gasteiger partial charge >= 0.3 is 0 Å². The first kappa shape index (κ1) is 19.1. The van der Waals surface area contributed by atoms with Gasteiger partial charge in [-0.05, 0) is 36.5 Å². The largest absolute Gasteiger partial charge is 0.301 e. The minimum atomic E-state index is -0.206. The van der Waals surface area contributed by atoms with Crippen LogP contribution >= 0.6 is 34.4 Å². The Morgan fingerprint density at radius 3 is 2.68 bits per heavy atom. The monoisotopic (exact) mass is 468 g/mol. The summed E-state index contributed by atoms with van der Waals surface area (Å²) in [6.07, 6.45) is 6.76. The molecule has 4 atom stereocenters. The van der Waals surface area contributed by atoms with Crippen molar-refractivity contribution in [2.24, 2.45) is 23.7 Å². The molecule has 2 aromatic heterocycles. The number of carbonyl (C=O) groups is 3. The number of nitrogens with one attached hydrogen (secondary N) is 1. The molecule has 7 nitrogen and oxygen atoms in total. The van der Waals surface area contributed by atoms with E-state index in [9.17, 15) is 14.4 Å². The van der Waals surface area contributed by atoms with Crippen LogP contribution in [0.3, 0.4) is 0 Å². The molecule has 156 valence electrons. The maximum Gasteiger partial charge on any atom is 0.238 e. The highest BCUT2D eigenvalue weighted by Gasteiger charge is 2.59. The molecule has 3 heterocycles. The number of carbonyl (C=O) groups excluding carboxylic acids is 3. The van der Waals surface area contributed by atoms with Crippen molar-refractivity contribution in [1.29, 1.82) is 0 Å². The molecule has 2 bridgehead atoms. The third-order valence-corrected chi connectivity index (χ3v) is 8.94. The molecule has 0 unspecified atom stereocenters. The Morgan fingerprint density at radius 1 is 1.19 bits per heavy atom. The van der Waals surface area contributed by atoms with Crippen LogP contribution in [0.15, 0.2) is 46.3 Å². The second-order valence-corrected chi connectivity index (χ2v) is 11.0. The molecule has 1 saturated heterocycles. The minimum Gasteiger partial charge on any atom is -0.301 e. The van der Waals surface area contributed by atoms with E-state index in [1.165, 1.54) is 39.3 Å². The number of thioether (sulfide) groups is 1. The Bertz CT molecular complexity index is 1220. The first-order chi connectivity index (χ1) is 15.1. The normalized spacial score (nSPS) is 26.3. The average molecular weight is 469 g/mol. The van der Waals surface area contributed by atoms with Crippen molar-refractivity contribution < 1.29 is 14.4 Å². The average Bonchev–Trinajstić information content (AvgIpc) is 3.56. The number of amides is 3. The SMILES string of the molecule is O=C(CSc1nc2ccc(N3C(=O)[C@@H]4[C@@H](C3=O)[C@H]3C=C[C@H]4C3)cc2s1)Nc1nccs1.